The van der Waals surface area contributed by atoms with Gasteiger partial charge in [-0.3, -0.25) is 0 Å². The van der Waals surface area contributed by atoms with Crippen molar-refractivity contribution < 1.29 is 0 Å². The summed E-state index contributed by atoms with van der Waals surface area (Å²) in [5, 5.41) is 5.79. The van der Waals surface area contributed by atoms with Crippen molar-refractivity contribution in [3.05, 3.63) is 31.7 Å². The van der Waals surface area contributed by atoms with Crippen LogP contribution in [0.15, 0.2) is 6.20 Å². The van der Waals surface area contributed by atoms with E-state index in [0.717, 1.165) is 23.0 Å². The Morgan fingerprint density at radius 2 is 2.11 bits per heavy atom. The lowest BCUT2D eigenvalue weighted by Crippen LogP contribution is -2.18. The van der Waals surface area contributed by atoms with Crippen LogP contribution in [0.2, 0.25) is 0 Å². The first-order chi connectivity index (χ1) is 8.60. The van der Waals surface area contributed by atoms with Gasteiger partial charge in [-0.2, -0.15) is 0 Å². The van der Waals surface area contributed by atoms with Crippen molar-refractivity contribution in [3.63, 3.8) is 0 Å². The molecule has 0 bridgehead atoms. The third kappa shape index (κ3) is 3.16. The molecule has 0 amide bonds. The summed E-state index contributed by atoms with van der Waals surface area (Å²) in [5.41, 5.74) is 1.17. The van der Waals surface area contributed by atoms with E-state index in [-0.39, 0.29) is 6.04 Å². The molecule has 18 heavy (non-hydrogen) atoms. The molecule has 2 aromatic rings. The minimum Gasteiger partial charge on any atom is -0.302 e. The quantitative estimate of drug-likeness (QED) is 0.909. The highest BCUT2D eigenvalue weighted by Crippen LogP contribution is 2.23. The second-order valence-corrected chi connectivity index (χ2v) is 6.96. The predicted octanol–water partition coefficient (Wildman–Crippen LogP) is 3.63. The number of nitrogens with one attached hydrogen (secondary N) is 1. The Bertz CT molecular complexity index is 516. The maximum Gasteiger partial charge on any atom is 0.107 e. The molecule has 0 aliphatic carbocycles. The van der Waals surface area contributed by atoms with E-state index in [1.807, 2.05) is 6.20 Å². The summed E-state index contributed by atoms with van der Waals surface area (Å²) >= 11 is 3.55. The third-order valence-electron chi connectivity index (χ3n) is 2.86. The Morgan fingerprint density at radius 1 is 1.33 bits per heavy atom. The zero-order valence-corrected chi connectivity index (χ0v) is 12.9. The largest absolute Gasteiger partial charge is 0.302 e. The van der Waals surface area contributed by atoms with Gasteiger partial charge in [0.2, 0.25) is 0 Å². The summed E-state index contributed by atoms with van der Waals surface area (Å²) in [6.45, 7) is 9.34. The number of aryl methyl sites for hydroxylation is 3. The number of rotatable bonds is 5. The summed E-state index contributed by atoms with van der Waals surface area (Å²) in [6, 6.07) is 0.281. The average Bonchev–Trinajstić information content (AvgIpc) is 2.92. The molecule has 2 heterocycles. The molecule has 0 aromatic carbocycles. The molecule has 5 heteroatoms. The van der Waals surface area contributed by atoms with Crippen LogP contribution in [0.25, 0.3) is 0 Å². The molecule has 1 atom stereocenters. The van der Waals surface area contributed by atoms with E-state index in [4.69, 9.17) is 0 Å². The summed E-state index contributed by atoms with van der Waals surface area (Å²) in [5.74, 6) is 0. The van der Waals surface area contributed by atoms with Crippen LogP contribution in [0.3, 0.4) is 0 Å². The number of hydrogen-bond donors (Lipinski definition) is 1. The molecule has 0 spiro atoms. The number of aromatic nitrogens is 2. The van der Waals surface area contributed by atoms with Crippen molar-refractivity contribution in [1.29, 1.82) is 0 Å². The van der Waals surface area contributed by atoms with Gasteiger partial charge in [-0.25, -0.2) is 9.97 Å². The van der Waals surface area contributed by atoms with Crippen molar-refractivity contribution in [2.75, 3.05) is 0 Å². The summed E-state index contributed by atoms with van der Waals surface area (Å²) in [6.07, 6.45) is 3.04. The molecule has 0 aliphatic rings. The van der Waals surface area contributed by atoms with Crippen molar-refractivity contribution in [1.82, 2.24) is 15.3 Å². The molecule has 98 valence electrons. The molecule has 0 fully saturated rings. The summed E-state index contributed by atoms with van der Waals surface area (Å²) in [7, 11) is 0. The lowest BCUT2D eigenvalue weighted by Gasteiger charge is -2.11. The Hall–Kier alpha value is -0.780. The van der Waals surface area contributed by atoms with Gasteiger partial charge in [0.05, 0.1) is 10.7 Å². The molecular formula is C13H19N3S2. The lowest BCUT2D eigenvalue weighted by molar-refractivity contribution is 0.560. The number of nitrogens with zero attached hydrogens (tertiary/aromatic N) is 2. The molecule has 0 radical (unpaired) electrons. The fraction of sp³-hybridized carbons (Fsp3) is 0.538. The van der Waals surface area contributed by atoms with Crippen LogP contribution < -0.4 is 5.32 Å². The van der Waals surface area contributed by atoms with Gasteiger partial charge >= 0.3 is 0 Å². The van der Waals surface area contributed by atoms with Crippen molar-refractivity contribution in [2.24, 2.45) is 0 Å². The zero-order chi connectivity index (χ0) is 13.1. The highest BCUT2D eigenvalue weighted by molar-refractivity contribution is 7.11. The molecule has 0 saturated heterocycles. The van der Waals surface area contributed by atoms with Crippen LogP contribution >= 0.6 is 22.7 Å². The van der Waals surface area contributed by atoms with Crippen LogP contribution in [0.5, 0.6) is 0 Å². The van der Waals surface area contributed by atoms with Crippen LogP contribution in [0.1, 0.15) is 45.4 Å². The van der Waals surface area contributed by atoms with E-state index in [2.05, 4.69) is 43.0 Å². The Labute approximate surface area is 116 Å². The number of hydrogen-bond acceptors (Lipinski definition) is 5. The van der Waals surface area contributed by atoms with Gasteiger partial charge in [0, 0.05) is 28.5 Å². The highest BCUT2D eigenvalue weighted by Gasteiger charge is 2.13. The van der Waals surface area contributed by atoms with Crippen molar-refractivity contribution in [3.8, 4) is 0 Å². The molecule has 3 nitrogen and oxygen atoms in total. The van der Waals surface area contributed by atoms with E-state index in [9.17, 15) is 0 Å². The molecular weight excluding hydrogens is 262 g/mol. The molecule has 1 N–H and O–H groups in total. The fourth-order valence-electron chi connectivity index (χ4n) is 1.88. The van der Waals surface area contributed by atoms with E-state index in [0.29, 0.717) is 0 Å². The first-order valence-corrected chi connectivity index (χ1v) is 7.84. The van der Waals surface area contributed by atoms with Gasteiger partial charge < -0.3 is 5.32 Å². The minimum absolute atomic E-state index is 0.281. The Morgan fingerprint density at radius 3 is 2.67 bits per heavy atom. The maximum absolute atomic E-state index is 4.58. The molecule has 2 rings (SSSR count). The van der Waals surface area contributed by atoms with Crippen LogP contribution in [0.4, 0.5) is 0 Å². The van der Waals surface area contributed by atoms with Gasteiger partial charge in [-0.15, -0.1) is 22.7 Å². The van der Waals surface area contributed by atoms with E-state index >= 15 is 0 Å². The highest BCUT2D eigenvalue weighted by atomic mass is 32.1. The standard InChI is InChI=1S/C13H19N3S2/c1-5-11-6-15-12(18-11)7-14-8(2)13-9(3)17-10(4)16-13/h6,8,14H,5,7H2,1-4H3. The van der Waals surface area contributed by atoms with Crippen molar-refractivity contribution in [2.45, 2.75) is 46.7 Å². The molecule has 0 saturated carbocycles. The van der Waals surface area contributed by atoms with Crippen LogP contribution in [-0.4, -0.2) is 9.97 Å². The van der Waals surface area contributed by atoms with Crippen LogP contribution in [-0.2, 0) is 13.0 Å². The minimum atomic E-state index is 0.281. The SMILES string of the molecule is CCc1cnc(CNC(C)c2nc(C)sc2C)s1. The van der Waals surface area contributed by atoms with E-state index in [1.165, 1.54) is 15.4 Å². The summed E-state index contributed by atoms with van der Waals surface area (Å²) < 4.78 is 0. The maximum atomic E-state index is 4.58. The van der Waals surface area contributed by atoms with Crippen LogP contribution in [0, 0.1) is 13.8 Å². The molecule has 2 aromatic heterocycles. The monoisotopic (exact) mass is 281 g/mol. The first kappa shape index (κ1) is 13.6. The smallest absolute Gasteiger partial charge is 0.107 e. The van der Waals surface area contributed by atoms with E-state index < -0.39 is 0 Å². The molecule has 0 aliphatic heterocycles. The third-order valence-corrected chi connectivity index (χ3v) is 4.90. The van der Waals surface area contributed by atoms with Gasteiger partial charge in [0.1, 0.15) is 5.01 Å². The number of thiazole rings is 2. The fourth-order valence-corrected chi connectivity index (χ4v) is 3.60. The van der Waals surface area contributed by atoms with Gasteiger partial charge in [-0.05, 0) is 27.2 Å². The van der Waals surface area contributed by atoms with E-state index in [1.54, 1.807) is 22.7 Å². The Kier molecular flexibility index (Phi) is 4.48. The molecule has 1 unspecified atom stereocenters. The topological polar surface area (TPSA) is 37.8 Å². The van der Waals surface area contributed by atoms with Gasteiger partial charge in [0.15, 0.2) is 0 Å². The van der Waals surface area contributed by atoms with Gasteiger partial charge in [-0.1, -0.05) is 6.92 Å². The Balaban J connectivity index is 1.95. The lowest BCUT2D eigenvalue weighted by atomic mass is 10.2. The average molecular weight is 281 g/mol. The normalized spacial score (nSPS) is 12.9. The second-order valence-electron chi connectivity index (χ2n) is 4.35. The second kappa shape index (κ2) is 5.91. The van der Waals surface area contributed by atoms with Gasteiger partial charge in [0.25, 0.3) is 0 Å². The summed E-state index contributed by atoms with van der Waals surface area (Å²) in [4.78, 5) is 11.7. The predicted molar refractivity (Wildman–Crippen MR) is 78.3 cm³/mol. The first-order valence-electron chi connectivity index (χ1n) is 6.21. The van der Waals surface area contributed by atoms with Crippen molar-refractivity contribution >= 4 is 22.7 Å². The zero-order valence-electron chi connectivity index (χ0n) is 11.3.